The average molecular weight is 333 g/mol. The van der Waals surface area contributed by atoms with Gasteiger partial charge in [0.2, 0.25) is 0 Å². The molecule has 0 saturated carbocycles. The molecule has 5 heteroatoms. The van der Waals surface area contributed by atoms with Crippen LogP contribution in [0.25, 0.3) is 0 Å². The molecule has 0 aromatic heterocycles. The van der Waals surface area contributed by atoms with Crippen LogP contribution in [0.15, 0.2) is 36.4 Å². The van der Waals surface area contributed by atoms with E-state index in [0.717, 1.165) is 5.56 Å². The summed E-state index contributed by atoms with van der Waals surface area (Å²) in [5.74, 6) is -0.317. The van der Waals surface area contributed by atoms with E-state index >= 15 is 0 Å². The first-order valence-electron chi connectivity index (χ1n) is 6.07. The fraction of sp³-hybridized carbons (Fsp3) is 0.200. The molecule has 1 atom stereocenters. The highest BCUT2D eigenvalue weighted by Crippen LogP contribution is 2.29. The summed E-state index contributed by atoms with van der Waals surface area (Å²) in [6.07, 6.45) is 0.473. The van der Waals surface area contributed by atoms with Crippen molar-refractivity contribution in [3.8, 4) is 0 Å². The van der Waals surface area contributed by atoms with Crippen molar-refractivity contribution >= 4 is 34.8 Å². The molecule has 0 radical (unpaired) electrons. The van der Waals surface area contributed by atoms with Gasteiger partial charge in [0, 0.05) is 21.1 Å². The molecule has 0 aliphatic rings. The molecule has 2 aromatic rings. The summed E-state index contributed by atoms with van der Waals surface area (Å²) < 4.78 is 13.9. The Bertz CT molecular complexity index is 616. The predicted molar refractivity (Wildman–Crippen MR) is 83.4 cm³/mol. The second-order valence-corrected chi connectivity index (χ2v) is 5.73. The van der Waals surface area contributed by atoms with Crippen LogP contribution in [0.5, 0.6) is 0 Å². The highest BCUT2D eigenvalue weighted by atomic mass is 35.5. The molecule has 0 aliphatic carbocycles. The van der Waals surface area contributed by atoms with Crippen molar-refractivity contribution in [3.05, 3.63) is 68.4 Å². The molecule has 0 fully saturated rings. The van der Waals surface area contributed by atoms with Gasteiger partial charge in [-0.2, -0.15) is 0 Å². The highest BCUT2D eigenvalue weighted by Gasteiger charge is 2.16. The zero-order valence-electron chi connectivity index (χ0n) is 10.8. The predicted octanol–water partition coefficient (Wildman–Crippen LogP) is 5.29. The van der Waals surface area contributed by atoms with Crippen molar-refractivity contribution in [2.24, 2.45) is 0 Å². The van der Waals surface area contributed by atoms with Crippen molar-refractivity contribution in [3.63, 3.8) is 0 Å². The molecule has 1 unspecified atom stereocenters. The van der Waals surface area contributed by atoms with E-state index in [1.165, 1.54) is 6.07 Å². The summed E-state index contributed by atoms with van der Waals surface area (Å²) in [5, 5.41) is 4.66. The number of hydrogen-bond acceptors (Lipinski definition) is 1. The maximum atomic E-state index is 13.9. The summed E-state index contributed by atoms with van der Waals surface area (Å²) >= 11 is 17.8. The normalized spacial score (nSPS) is 12.4. The van der Waals surface area contributed by atoms with E-state index in [0.29, 0.717) is 27.1 Å². The fourth-order valence-corrected chi connectivity index (χ4v) is 2.76. The molecule has 0 saturated heterocycles. The lowest BCUT2D eigenvalue weighted by molar-refractivity contribution is 0.554. The molecular weight excluding hydrogens is 320 g/mol. The Kier molecular flexibility index (Phi) is 5.28. The molecule has 0 aliphatic heterocycles. The number of halogens is 4. The Morgan fingerprint density at radius 3 is 2.30 bits per heavy atom. The zero-order chi connectivity index (χ0) is 14.7. The van der Waals surface area contributed by atoms with Crippen LogP contribution in [0, 0.1) is 5.82 Å². The Labute approximate surface area is 132 Å². The van der Waals surface area contributed by atoms with Gasteiger partial charge in [0.15, 0.2) is 0 Å². The van der Waals surface area contributed by atoms with Crippen LogP contribution in [0.1, 0.15) is 17.2 Å². The number of nitrogens with one attached hydrogen (secondary N) is 1. The maximum absolute atomic E-state index is 13.9. The van der Waals surface area contributed by atoms with E-state index in [4.69, 9.17) is 34.8 Å². The monoisotopic (exact) mass is 331 g/mol. The minimum Gasteiger partial charge on any atom is -0.313 e. The molecule has 2 rings (SSSR count). The van der Waals surface area contributed by atoms with E-state index in [1.54, 1.807) is 24.3 Å². The van der Waals surface area contributed by atoms with Gasteiger partial charge in [-0.1, -0.05) is 46.9 Å². The first-order chi connectivity index (χ1) is 9.51. The van der Waals surface area contributed by atoms with Gasteiger partial charge >= 0.3 is 0 Å². The van der Waals surface area contributed by atoms with E-state index in [1.807, 2.05) is 13.1 Å². The Morgan fingerprint density at radius 2 is 1.70 bits per heavy atom. The van der Waals surface area contributed by atoms with Gasteiger partial charge in [-0.3, -0.25) is 0 Å². The van der Waals surface area contributed by atoms with Gasteiger partial charge in [-0.05, 0) is 48.9 Å². The minimum atomic E-state index is -0.317. The molecule has 20 heavy (non-hydrogen) atoms. The summed E-state index contributed by atoms with van der Waals surface area (Å²) in [5.41, 5.74) is 1.47. The second-order valence-electron chi connectivity index (χ2n) is 4.45. The Morgan fingerprint density at radius 1 is 1.05 bits per heavy atom. The maximum Gasteiger partial charge on any atom is 0.127 e. The second kappa shape index (κ2) is 6.77. The van der Waals surface area contributed by atoms with Crippen LogP contribution < -0.4 is 5.32 Å². The average Bonchev–Trinajstić information content (AvgIpc) is 2.39. The first-order valence-corrected chi connectivity index (χ1v) is 7.21. The largest absolute Gasteiger partial charge is 0.313 e. The van der Waals surface area contributed by atoms with Crippen LogP contribution in [0.4, 0.5) is 4.39 Å². The third-order valence-corrected chi connectivity index (χ3v) is 3.92. The van der Waals surface area contributed by atoms with E-state index in [9.17, 15) is 4.39 Å². The third kappa shape index (κ3) is 3.64. The van der Waals surface area contributed by atoms with Crippen LogP contribution in [0.3, 0.4) is 0 Å². The highest BCUT2D eigenvalue weighted by molar-refractivity contribution is 6.35. The summed E-state index contributed by atoms with van der Waals surface area (Å²) in [7, 11) is 1.81. The molecule has 0 bridgehead atoms. The Balaban J connectivity index is 2.28. The number of benzene rings is 2. The van der Waals surface area contributed by atoms with Crippen LogP contribution in [-0.2, 0) is 6.42 Å². The van der Waals surface area contributed by atoms with E-state index < -0.39 is 0 Å². The summed E-state index contributed by atoms with van der Waals surface area (Å²) in [6.45, 7) is 0. The number of rotatable bonds is 4. The topological polar surface area (TPSA) is 12.0 Å². The SMILES string of the molecule is CNC(Cc1ccc(Cl)cc1F)c1ccc(Cl)cc1Cl. The lowest BCUT2D eigenvalue weighted by Crippen LogP contribution is -2.19. The molecule has 1 N–H and O–H groups in total. The smallest absolute Gasteiger partial charge is 0.127 e. The molecule has 0 spiro atoms. The van der Waals surface area contributed by atoms with Crippen molar-refractivity contribution < 1.29 is 4.39 Å². The molecule has 2 aromatic carbocycles. The number of hydrogen-bond donors (Lipinski definition) is 1. The van der Waals surface area contributed by atoms with Gasteiger partial charge in [-0.25, -0.2) is 4.39 Å². The lowest BCUT2D eigenvalue weighted by atomic mass is 9.98. The lowest BCUT2D eigenvalue weighted by Gasteiger charge is -2.18. The van der Waals surface area contributed by atoms with Gasteiger partial charge in [0.25, 0.3) is 0 Å². The van der Waals surface area contributed by atoms with Gasteiger partial charge in [0.05, 0.1) is 0 Å². The zero-order valence-corrected chi connectivity index (χ0v) is 13.0. The van der Waals surface area contributed by atoms with Crippen LogP contribution in [-0.4, -0.2) is 7.05 Å². The standard InChI is InChI=1S/C15H13Cl3FN/c1-20-15(12-5-4-10(16)7-13(12)18)6-9-2-3-11(17)8-14(9)19/h2-5,7-8,15,20H,6H2,1H3. The van der Waals surface area contributed by atoms with E-state index in [2.05, 4.69) is 5.32 Å². The fourth-order valence-electron chi connectivity index (χ4n) is 2.06. The Hall–Kier alpha value is -0.800. The molecule has 1 nitrogen and oxygen atoms in total. The van der Waals surface area contributed by atoms with Crippen molar-refractivity contribution in [2.45, 2.75) is 12.5 Å². The molecular formula is C15H13Cl3FN. The van der Waals surface area contributed by atoms with Crippen molar-refractivity contribution in [1.82, 2.24) is 5.32 Å². The first kappa shape index (κ1) is 15.6. The quantitative estimate of drug-likeness (QED) is 0.802. The molecule has 106 valence electrons. The number of likely N-dealkylation sites (N-methyl/N-ethyl adjacent to an activating group) is 1. The van der Waals surface area contributed by atoms with E-state index in [-0.39, 0.29) is 11.9 Å². The molecule has 0 heterocycles. The van der Waals surface area contributed by atoms with Crippen LogP contribution in [0.2, 0.25) is 15.1 Å². The minimum absolute atomic E-state index is 0.101. The summed E-state index contributed by atoms with van der Waals surface area (Å²) in [6, 6.07) is 9.87. The van der Waals surface area contributed by atoms with Gasteiger partial charge < -0.3 is 5.32 Å². The van der Waals surface area contributed by atoms with Gasteiger partial charge in [-0.15, -0.1) is 0 Å². The summed E-state index contributed by atoms with van der Waals surface area (Å²) in [4.78, 5) is 0. The molecule has 0 amide bonds. The van der Waals surface area contributed by atoms with Crippen molar-refractivity contribution in [1.29, 1.82) is 0 Å². The van der Waals surface area contributed by atoms with Crippen LogP contribution >= 0.6 is 34.8 Å². The van der Waals surface area contributed by atoms with Gasteiger partial charge in [0.1, 0.15) is 5.82 Å². The van der Waals surface area contributed by atoms with Crippen molar-refractivity contribution in [2.75, 3.05) is 7.05 Å². The third-order valence-electron chi connectivity index (χ3n) is 3.13.